The summed E-state index contributed by atoms with van der Waals surface area (Å²) in [5.74, 6) is -1.73. The van der Waals surface area contributed by atoms with E-state index in [0.717, 1.165) is 22.2 Å². The fourth-order valence-electron chi connectivity index (χ4n) is 3.73. The van der Waals surface area contributed by atoms with E-state index in [9.17, 15) is 19.6 Å². The topological polar surface area (TPSA) is 122 Å². The summed E-state index contributed by atoms with van der Waals surface area (Å²) in [6.45, 7) is 5.36. The van der Waals surface area contributed by atoms with Crippen molar-refractivity contribution in [3.8, 4) is 12.1 Å². The summed E-state index contributed by atoms with van der Waals surface area (Å²) < 4.78 is 12.0. The van der Waals surface area contributed by atoms with Crippen LogP contribution in [0.5, 0.6) is 0 Å². The molecule has 0 fully saturated rings. The zero-order valence-corrected chi connectivity index (χ0v) is 20.4. The van der Waals surface area contributed by atoms with E-state index in [-0.39, 0.29) is 42.2 Å². The van der Waals surface area contributed by atoms with Gasteiger partial charge in [0, 0.05) is 34.0 Å². The van der Waals surface area contributed by atoms with E-state index in [1.807, 2.05) is 30.3 Å². The molecule has 3 rings (SSSR count). The van der Waals surface area contributed by atoms with Crippen molar-refractivity contribution >= 4 is 46.0 Å². The van der Waals surface area contributed by atoms with Gasteiger partial charge in [-0.15, -0.1) is 11.3 Å². The maximum atomic E-state index is 13.2. The molecule has 0 aliphatic heterocycles. The molecule has 0 aliphatic rings. The molecule has 0 bridgehead atoms. The summed E-state index contributed by atoms with van der Waals surface area (Å²) in [5, 5.41) is 19.6. The van der Waals surface area contributed by atoms with E-state index in [1.54, 1.807) is 31.5 Å². The predicted molar refractivity (Wildman–Crippen MR) is 131 cm³/mol. The van der Waals surface area contributed by atoms with Gasteiger partial charge in [-0.25, -0.2) is 9.59 Å². The SMILES string of the molecule is CCOC(=O)c1sc(CC(=O)/C(C#N)=C/c2cn(CC#N)c3ccccc23)c(C(=O)OCC)c1C. The van der Waals surface area contributed by atoms with E-state index in [0.29, 0.717) is 16.0 Å². The third kappa shape index (κ3) is 5.32. The zero-order valence-electron chi connectivity index (χ0n) is 19.6. The van der Waals surface area contributed by atoms with Crippen LogP contribution in [0.25, 0.3) is 17.0 Å². The molecule has 0 amide bonds. The molecule has 2 aromatic heterocycles. The van der Waals surface area contributed by atoms with Crippen molar-refractivity contribution in [2.24, 2.45) is 0 Å². The van der Waals surface area contributed by atoms with Crippen LogP contribution in [0, 0.1) is 29.6 Å². The zero-order chi connectivity index (χ0) is 25.5. The molecule has 0 radical (unpaired) electrons. The summed E-state index contributed by atoms with van der Waals surface area (Å²) in [6.07, 6.45) is 2.95. The van der Waals surface area contributed by atoms with Gasteiger partial charge in [-0.1, -0.05) is 18.2 Å². The number of aromatic nitrogens is 1. The molecule has 2 heterocycles. The Labute approximate surface area is 206 Å². The third-order valence-electron chi connectivity index (χ3n) is 5.26. The summed E-state index contributed by atoms with van der Waals surface area (Å²) in [6, 6.07) is 11.4. The number of hydrogen-bond donors (Lipinski definition) is 0. The van der Waals surface area contributed by atoms with Crippen LogP contribution in [0.2, 0.25) is 0 Å². The van der Waals surface area contributed by atoms with E-state index in [1.165, 1.54) is 6.08 Å². The van der Waals surface area contributed by atoms with E-state index >= 15 is 0 Å². The van der Waals surface area contributed by atoms with Crippen molar-refractivity contribution in [1.29, 1.82) is 10.5 Å². The first-order valence-electron chi connectivity index (χ1n) is 10.9. The summed E-state index contributed by atoms with van der Waals surface area (Å²) >= 11 is 0.991. The standard InChI is InChI=1S/C26H23N3O5S/c1-4-33-25(31)23-16(3)24(26(32)34-5-2)35-22(23)13-21(30)17(14-28)12-18-15-29(11-10-27)20-9-7-6-8-19(18)20/h6-9,12,15H,4-5,11,13H2,1-3H3/b17-12+. The number of allylic oxidation sites excluding steroid dienone is 1. The van der Waals surface area contributed by atoms with Gasteiger partial charge >= 0.3 is 11.9 Å². The maximum Gasteiger partial charge on any atom is 0.348 e. The van der Waals surface area contributed by atoms with Crippen molar-refractivity contribution in [1.82, 2.24) is 4.57 Å². The highest BCUT2D eigenvalue weighted by Crippen LogP contribution is 2.31. The summed E-state index contributed by atoms with van der Waals surface area (Å²) in [5.41, 5.74) is 1.86. The molecule has 0 unspecified atom stereocenters. The van der Waals surface area contributed by atoms with Gasteiger partial charge < -0.3 is 14.0 Å². The van der Waals surface area contributed by atoms with Gasteiger partial charge in [-0.05, 0) is 38.5 Å². The minimum atomic E-state index is -0.637. The van der Waals surface area contributed by atoms with Gasteiger partial charge in [0.1, 0.15) is 17.5 Å². The number of thiophene rings is 1. The van der Waals surface area contributed by atoms with Crippen LogP contribution in [0.3, 0.4) is 0 Å². The van der Waals surface area contributed by atoms with Crippen molar-refractivity contribution < 1.29 is 23.9 Å². The van der Waals surface area contributed by atoms with Gasteiger partial charge in [0.15, 0.2) is 5.78 Å². The second-order valence-electron chi connectivity index (χ2n) is 7.45. The highest BCUT2D eigenvalue weighted by atomic mass is 32.1. The molecule has 9 heteroatoms. The van der Waals surface area contributed by atoms with Gasteiger partial charge in [-0.2, -0.15) is 10.5 Å². The Hall–Kier alpha value is -4.21. The van der Waals surface area contributed by atoms with Crippen LogP contribution in [-0.4, -0.2) is 35.5 Å². The van der Waals surface area contributed by atoms with Crippen LogP contribution in [0.15, 0.2) is 36.0 Å². The summed E-state index contributed by atoms with van der Waals surface area (Å²) in [7, 11) is 0. The Morgan fingerprint density at radius 3 is 2.43 bits per heavy atom. The lowest BCUT2D eigenvalue weighted by Gasteiger charge is -2.05. The third-order valence-corrected chi connectivity index (χ3v) is 6.53. The fourth-order valence-corrected chi connectivity index (χ4v) is 4.91. The second kappa shape index (κ2) is 11.3. The average Bonchev–Trinajstić information content (AvgIpc) is 3.35. The maximum absolute atomic E-state index is 13.2. The van der Waals surface area contributed by atoms with E-state index in [2.05, 4.69) is 6.07 Å². The van der Waals surface area contributed by atoms with E-state index < -0.39 is 17.7 Å². The number of fused-ring (bicyclic) bond motifs is 1. The number of Topliss-reactive ketones (excluding diaryl/α,β-unsaturated/α-hetero) is 1. The molecular weight excluding hydrogens is 466 g/mol. The number of esters is 2. The Morgan fingerprint density at radius 1 is 1.09 bits per heavy atom. The number of ether oxygens (including phenoxy) is 2. The first-order chi connectivity index (χ1) is 16.9. The molecule has 3 aromatic rings. The number of carbonyl (C=O) groups is 3. The van der Waals surface area contributed by atoms with Gasteiger partial charge in [0.25, 0.3) is 0 Å². The molecule has 0 saturated carbocycles. The first kappa shape index (κ1) is 25.4. The normalized spacial score (nSPS) is 11.1. The molecular formula is C26H23N3O5S. The van der Waals surface area contributed by atoms with Crippen LogP contribution in [0.1, 0.15) is 49.9 Å². The van der Waals surface area contributed by atoms with Crippen LogP contribution < -0.4 is 0 Å². The van der Waals surface area contributed by atoms with Crippen LogP contribution in [-0.2, 0) is 27.2 Å². The predicted octanol–water partition coefficient (Wildman–Crippen LogP) is 4.61. The molecule has 0 saturated heterocycles. The highest BCUT2D eigenvalue weighted by molar-refractivity contribution is 7.14. The van der Waals surface area contributed by atoms with Crippen molar-refractivity contribution in [2.75, 3.05) is 13.2 Å². The monoisotopic (exact) mass is 489 g/mol. The Bertz CT molecular complexity index is 1420. The fraction of sp³-hybridized carbons (Fsp3) is 0.269. The lowest BCUT2D eigenvalue weighted by Crippen LogP contribution is -2.12. The van der Waals surface area contributed by atoms with Crippen LogP contribution >= 0.6 is 11.3 Å². The lowest BCUT2D eigenvalue weighted by molar-refractivity contribution is -0.114. The number of rotatable bonds is 9. The van der Waals surface area contributed by atoms with Crippen LogP contribution in [0.4, 0.5) is 0 Å². The molecule has 0 spiro atoms. The molecule has 0 atom stereocenters. The number of benzene rings is 1. The van der Waals surface area contributed by atoms with Gasteiger partial charge in [0.2, 0.25) is 0 Å². The number of nitrogens with zero attached hydrogens (tertiary/aromatic N) is 3. The smallest absolute Gasteiger partial charge is 0.348 e. The Morgan fingerprint density at radius 2 is 1.77 bits per heavy atom. The van der Waals surface area contributed by atoms with Crippen molar-refractivity contribution in [3.63, 3.8) is 0 Å². The van der Waals surface area contributed by atoms with Crippen molar-refractivity contribution in [2.45, 2.75) is 33.7 Å². The number of para-hydroxylation sites is 1. The minimum absolute atomic E-state index is 0.108. The van der Waals surface area contributed by atoms with Crippen molar-refractivity contribution in [3.05, 3.63) is 62.5 Å². The molecule has 1 aromatic carbocycles. The Kier molecular flexibility index (Phi) is 8.19. The highest BCUT2D eigenvalue weighted by Gasteiger charge is 2.28. The Balaban J connectivity index is 2.02. The lowest BCUT2D eigenvalue weighted by atomic mass is 10.0. The molecule has 178 valence electrons. The van der Waals surface area contributed by atoms with Gasteiger partial charge in [-0.3, -0.25) is 4.79 Å². The largest absolute Gasteiger partial charge is 0.462 e. The number of carbonyl (C=O) groups excluding carboxylic acids is 3. The van der Waals surface area contributed by atoms with Gasteiger partial charge in [0.05, 0.1) is 30.4 Å². The van der Waals surface area contributed by atoms with E-state index in [4.69, 9.17) is 14.7 Å². The number of hydrogen-bond acceptors (Lipinski definition) is 8. The minimum Gasteiger partial charge on any atom is -0.462 e. The molecule has 35 heavy (non-hydrogen) atoms. The second-order valence-corrected chi connectivity index (χ2v) is 8.56. The summed E-state index contributed by atoms with van der Waals surface area (Å²) in [4.78, 5) is 38.7. The molecule has 0 N–H and O–H groups in total. The quantitative estimate of drug-likeness (QED) is 0.244. The molecule has 0 aliphatic carbocycles. The average molecular weight is 490 g/mol. The number of ketones is 1. The first-order valence-corrected chi connectivity index (χ1v) is 11.7. The molecule has 8 nitrogen and oxygen atoms in total. The number of nitriles is 2.